The van der Waals surface area contributed by atoms with Crippen molar-refractivity contribution in [2.75, 3.05) is 7.05 Å². The van der Waals surface area contributed by atoms with Gasteiger partial charge in [0.05, 0.1) is 0 Å². The lowest BCUT2D eigenvalue weighted by atomic mass is 10.1. The Hall–Kier alpha value is -0.860. The van der Waals surface area contributed by atoms with Gasteiger partial charge >= 0.3 is 0 Å². The molecule has 0 aliphatic heterocycles. The number of benzene rings is 1. The SMILES string of the molecule is CC(N)Cc1ccccc1.CN. The first-order valence-electron chi connectivity index (χ1n) is 4.16. The fraction of sp³-hybridized carbons (Fsp3) is 0.400. The van der Waals surface area contributed by atoms with Crippen LogP contribution in [0.2, 0.25) is 0 Å². The van der Waals surface area contributed by atoms with Gasteiger partial charge < -0.3 is 11.5 Å². The van der Waals surface area contributed by atoms with Gasteiger partial charge in [-0.2, -0.15) is 0 Å². The topological polar surface area (TPSA) is 52.0 Å². The number of nitrogens with two attached hydrogens (primary N) is 2. The first-order chi connectivity index (χ1) is 5.79. The Bertz CT molecular complexity index is 182. The molecule has 0 spiro atoms. The Morgan fingerprint density at radius 3 is 2.08 bits per heavy atom. The molecule has 1 rings (SSSR count). The molecule has 1 atom stereocenters. The predicted octanol–water partition coefficient (Wildman–Crippen LogP) is 1.15. The van der Waals surface area contributed by atoms with Gasteiger partial charge in [-0.1, -0.05) is 30.3 Å². The molecular weight excluding hydrogens is 148 g/mol. The molecule has 0 aromatic heterocycles. The molecule has 2 heteroatoms. The molecule has 0 amide bonds. The third-order valence-electron chi connectivity index (χ3n) is 1.40. The highest BCUT2D eigenvalue weighted by molar-refractivity contribution is 5.15. The number of hydrogen-bond donors (Lipinski definition) is 2. The summed E-state index contributed by atoms with van der Waals surface area (Å²) in [6, 6.07) is 10.6. The predicted molar refractivity (Wildman–Crippen MR) is 53.9 cm³/mol. The number of hydrogen-bond acceptors (Lipinski definition) is 2. The van der Waals surface area contributed by atoms with Gasteiger partial charge in [0.25, 0.3) is 0 Å². The minimum Gasteiger partial charge on any atom is -0.333 e. The Balaban J connectivity index is 0.000000561. The van der Waals surface area contributed by atoms with Crippen molar-refractivity contribution in [3.8, 4) is 0 Å². The van der Waals surface area contributed by atoms with Crippen LogP contribution < -0.4 is 11.5 Å². The minimum atomic E-state index is 0.266. The second kappa shape index (κ2) is 6.83. The fourth-order valence-corrected chi connectivity index (χ4v) is 0.986. The van der Waals surface area contributed by atoms with Gasteiger partial charge in [0, 0.05) is 6.04 Å². The first kappa shape index (κ1) is 11.1. The Morgan fingerprint density at radius 1 is 1.17 bits per heavy atom. The van der Waals surface area contributed by atoms with Crippen LogP contribution in [0, 0.1) is 0 Å². The Labute approximate surface area is 74.6 Å². The van der Waals surface area contributed by atoms with Crippen LogP contribution in [0.5, 0.6) is 0 Å². The minimum absolute atomic E-state index is 0.266. The van der Waals surface area contributed by atoms with Crippen LogP contribution in [0.4, 0.5) is 0 Å². The summed E-state index contributed by atoms with van der Waals surface area (Å²) in [5.74, 6) is 0. The van der Waals surface area contributed by atoms with Gasteiger partial charge in [0.1, 0.15) is 0 Å². The van der Waals surface area contributed by atoms with Gasteiger partial charge in [-0.15, -0.1) is 0 Å². The molecule has 68 valence electrons. The van der Waals surface area contributed by atoms with Crippen LogP contribution in [0.1, 0.15) is 12.5 Å². The van der Waals surface area contributed by atoms with Crippen LogP contribution in [0.3, 0.4) is 0 Å². The Morgan fingerprint density at radius 2 is 1.67 bits per heavy atom. The number of rotatable bonds is 2. The van der Waals surface area contributed by atoms with Crippen molar-refractivity contribution in [3.05, 3.63) is 35.9 Å². The molecule has 0 fully saturated rings. The zero-order chi connectivity index (χ0) is 9.40. The van der Waals surface area contributed by atoms with E-state index >= 15 is 0 Å². The summed E-state index contributed by atoms with van der Waals surface area (Å²) in [5.41, 5.74) is 11.4. The average Bonchev–Trinajstić information content (AvgIpc) is 2.08. The van der Waals surface area contributed by atoms with E-state index in [1.807, 2.05) is 25.1 Å². The van der Waals surface area contributed by atoms with E-state index in [1.54, 1.807) is 0 Å². The standard InChI is InChI=1S/C9H13N.CH5N/c1-8(10)7-9-5-3-2-4-6-9;1-2/h2-6,8H,7,10H2,1H3;2H2,1H3. The van der Waals surface area contributed by atoms with E-state index in [0.29, 0.717) is 0 Å². The maximum Gasteiger partial charge on any atom is 0.00509 e. The summed E-state index contributed by atoms with van der Waals surface area (Å²) in [7, 11) is 1.50. The molecule has 2 nitrogen and oxygen atoms in total. The summed E-state index contributed by atoms with van der Waals surface area (Å²) >= 11 is 0. The maximum absolute atomic E-state index is 5.62. The monoisotopic (exact) mass is 166 g/mol. The molecule has 1 unspecified atom stereocenters. The van der Waals surface area contributed by atoms with Crippen molar-refractivity contribution in [1.29, 1.82) is 0 Å². The van der Waals surface area contributed by atoms with E-state index < -0.39 is 0 Å². The van der Waals surface area contributed by atoms with E-state index in [1.165, 1.54) is 12.6 Å². The lowest BCUT2D eigenvalue weighted by molar-refractivity contribution is 0.738. The lowest BCUT2D eigenvalue weighted by Gasteiger charge is -2.02. The molecule has 0 radical (unpaired) electrons. The summed E-state index contributed by atoms with van der Waals surface area (Å²) in [6.45, 7) is 2.02. The molecule has 1 aromatic rings. The summed E-state index contributed by atoms with van der Waals surface area (Å²) in [4.78, 5) is 0. The molecule has 4 N–H and O–H groups in total. The van der Waals surface area contributed by atoms with Crippen molar-refractivity contribution in [3.63, 3.8) is 0 Å². The van der Waals surface area contributed by atoms with Gasteiger partial charge in [-0.05, 0) is 26.0 Å². The third-order valence-corrected chi connectivity index (χ3v) is 1.40. The van der Waals surface area contributed by atoms with Crippen molar-refractivity contribution in [1.82, 2.24) is 0 Å². The zero-order valence-corrected chi connectivity index (χ0v) is 7.83. The van der Waals surface area contributed by atoms with E-state index in [-0.39, 0.29) is 6.04 Å². The van der Waals surface area contributed by atoms with E-state index in [0.717, 1.165) is 6.42 Å². The molecule has 0 bridgehead atoms. The van der Waals surface area contributed by atoms with E-state index in [4.69, 9.17) is 5.73 Å². The molecule has 0 heterocycles. The Kier molecular flexibility index (Phi) is 6.34. The van der Waals surface area contributed by atoms with Gasteiger partial charge in [-0.3, -0.25) is 0 Å². The lowest BCUT2D eigenvalue weighted by Crippen LogP contribution is -2.17. The van der Waals surface area contributed by atoms with E-state index in [9.17, 15) is 0 Å². The molecule has 0 aliphatic rings. The van der Waals surface area contributed by atoms with Crippen molar-refractivity contribution >= 4 is 0 Å². The quantitative estimate of drug-likeness (QED) is 0.692. The van der Waals surface area contributed by atoms with Crippen LogP contribution in [0.25, 0.3) is 0 Å². The summed E-state index contributed by atoms with van der Waals surface area (Å²) in [6.07, 6.45) is 0.973. The van der Waals surface area contributed by atoms with E-state index in [2.05, 4.69) is 17.9 Å². The normalized spacial score (nSPS) is 11.3. The summed E-state index contributed by atoms with van der Waals surface area (Å²) in [5, 5.41) is 0. The van der Waals surface area contributed by atoms with Crippen molar-refractivity contribution in [2.24, 2.45) is 11.5 Å². The van der Waals surface area contributed by atoms with Crippen molar-refractivity contribution in [2.45, 2.75) is 19.4 Å². The molecule has 0 aliphatic carbocycles. The van der Waals surface area contributed by atoms with Crippen LogP contribution in [-0.4, -0.2) is 13.1 Å². The largest absolute Gasteiger partial charge is 0.333 e. The van der Waals surface area contributed by atoms with Crippen molar-refractivity contribution < 1.29 is 0 Å². The molecule has 0 saturated carbocycles. The second-order valence-corrected chi connectivity index (χ2v) is 2.67. The maximum atomic E-state index is 5.62. The van der Waals surface area contributed by atoms with Gasteiger partial charge in [-0.25, -0.2) is 0 Å². The average molecular weight is 166 g/mol. The van der Waals surface area contributed by atoms with Gasteiger partial charge in [0.15, 0.2) is 0 Å². The van der Waals surface area contributed by atoms with Crippen LogP contribution in [0.15, 0.2) is 30.3 Å². The smallest absolute Gasteiger partial charge is 0.00509 e. The molecule has 1 aromatic carbocycles. The van der Waals surface area contributed by atoms with Gasteiger partial charge in [0.2, 0.25) is 0 Å². The second-order valence-electron chi connectivity index (χ2n) is 2.67. The molecular formula is C10H18N2. The highest BCUT2D eigenvalue weighted by Gasteiger charge is 1.94. The summed E-state index contributed by atoms with van der Waals surface area (Å²) < 4.78 is 0. The third kappa shape index (κ3) is 4.88. The molecule has 0 saturated heterocycles. The highest BCUT2D eigenvalue weighted by Crippen LogP contribution is 2.00. The molecule has 12 heavy (non-hydrogen) atoms. The highest BCUT2D eigenvalue weighted by atomic mass is 14.6. The van der Waals surface area contributed by atoms with Crippen LogP contribution >= 0.6 is 0 Å². The first-order valence-corrected chi connectivity index (χ1v) is 4.16. The fourth-order valence-electron chi connectivity index (χ4n) is 0.986. The van der Waals surface area contributed by atoms with Crippen LogP contribution in [-0.2, 0) is 6.42 Å². The zero-order valence-electron chi connectivity index (χ0n) is 7.83.